The number of carbonyl (C=O) groups is 1. The molecule has 25 heavy (non-hydrogen) atoms. The summed E-state index contributed by atoms with van der Waals surface area (Å²) in [7, 11) is 5.68. The molecule has 0 fully saturated rings. The molecule has 0 N–H and O–H groups in total. The number of aliphatic imine (C=N–C) groups is 2. The Balaban J connectivity index is 3.34. The van der Waals surface area contributed by atoms with Gasteiger partial charge in [0.2, 0.25) is 5.88 Å². The monoisotopic (exact) mass is 368 g/mol. The molecule has 0 aliphatic heterocycles. The minimum absolute atomic E-state index is 0.123. The second kappa shape index (κ2) is 10.6. The molecule has 1 atom stereocenters. The maximum atomic E-state index is 12.3. The Morgan fingerprint density at radius 2 is 1.88 bits per heavy atom. The molecule has 1 rings (SSSR count). The minimum atomic E-state index is -0.863. The first-order valence-electron chi connectivity index (χ1n) is 7.23. The van der Waals surface area contributed by atoms with Crippen molar-refractivity contribution >= 4 is 29.5 Å². The van der Waals surface area contributed by atoms with E-state index in [0.717, 1.165) is 0 Å². The van der Waals surface area contributed by atoms with E-state index in [0.29, 0.717) is 11.3 Å². The molecule has 1 unspecified atom stereocenters. The number of ether oxygens (including phenoxy) is 4. The summed E-state index contributed by atoms with van der Waals surface area (Å²) in [6.45, 7) is 3.44. The maximum Gasteiger partial charge on any atom is 0.318 e. The highest BCUT2D eigenvalue weighted by Gasteiger charge is 2.33. The van der Waals surface area contributed by atoms with Gasteiger partial charge in [-0.2, -0.15) is 0 Å². The Bertz CT molecular complexity index is 656. The summed E-state index contributed by atoms with van der Waals surface area (Å²) in [4.78, 5) is 19.8. The molecule has 1 aromatic rings. The first-order valence-corrected chi connectivity index (χ1v) is 7.61. The van der Waals surface area contributed by atoms with E-state index in [4.69, 9.17) is 30.5 Å². The first kappa shape index (κ1) is 20.8. The largest absolute Gasteiger partial charge is 0.468 e. The number of halogens is 1. The van der Waals surface area contributed by atoms with Crippen molar-refractivity contribution in [3.05, 3.63) is 41.8 Å². The van der Waals surface area contributed by atoms with Crippen molar-refractivity contribution in [1.29, 1.82) is 0 Å². The average molecular weight is 369 g/mol. The summed E-state index contributed by atoms with van der Waals surface area (Å²) < 4.78 is 21.1. The molecule has 0 radical (unpaired) electrons. The summed E-state index contributed by atoms with van der Waals surface area (Å²) in [6.07, 6.45) is 0.546. The van der Waals surface area contributed by atoms with Crippen LogP contribution in [0.3, 0.4) is 0 Å². The minimum Gasteiger partial charge on any atom is -0.468 e. The number of carbonyl (C=O) groups excluding carboxylic acids is 1. The van der Waals surface area contributed by atoms with Gasteiger partial charge in [-0.3, -0.25) is 9.79 Å². The summed E-state index contributed by atoms with van der Waals surface area (Å²) in [5.41, 5.74) is 0.502. The molecular formula is C17H21ClN2O5. The van der Waals surface area contributed by atoms with Crippen LogP contribution >= 0.6 is 11.6 Å². The van der Waals surface area contributed by atoms with Crippen molar-refractivity contribution in [2.45, 2.75) is 12.2 Å². The van der Waals surface area contributed by atoms with Crippen LogP contribution in [0.5, 0.6) is 5.75 Å². The zero-order valence-corrected chi connectivity index (χ0v) is 15.3. The highest BCUT2D eigenvalue weighted by molar-refractivity contribution is 6.68. The van der Waals surface area contributed by atoms with Crippen LogP contribution in [-0.2, 0) is 19.0 Å². The van der Waals surface area contributed by atoms with Gasteiger partial charge in [0.15, 0.2) is 6.29 Å². The van der Waals surface area contributed by atoms with Gasteiger partial charge in [0.1, 0.15) is 16.8 Å². The molecule has 0 aliphatic rings. The molecule has 0 aliphatic carbocycles. The smallest absolute Gasteiger partial charge is 0.318 e. The zero-order chi connectivity index (χ0) is 18.8. The molecule has 136 valence electrons. The highest BCUT2D eigenvalue weighted by Crippen LogP contribution is 2.32. The summed E-state index contributed by atoms with van der Waals surface area (Å²) in [5.74, 6) is -0.915. The molecule has 0 amide bonds. The van der Waals surface area contributed by atoms with Crippen molar-refractivity contribution in [1.82, 2.24) is 0 Å². The van der Waals surface area contributed by atoms with Crippen molar-refractivity contribution in [2.24, 2.45) is 9.98 Å². The Kier molecular flexibility index (Phi) is 8.83. The molecule has 0 saturated carbocycles. The number of allylic oxidation sites excluding steroid dienone is 1. The van der Waals surface area contributed by atoms with Crippen LogP contribution in [0, 0.1) is 0 Å². The Hall–Kier alpha value is -2.22. The molecule has 0 heterocycles. The van der Waals surface area contributed by atoms with E-state index in [-0.39, 0.29) is 11.1 Å². The number of esters is 1. The third kappa shape index (κ3) is 5.67. The van der Waals surface area contributed by atoms with Gasteiger partial charge >= 0.3 is 5.97 Å². The quantitative estimate of drug-likeness (QED) is 0.290. The van der Waals surface area contributed by atoms with Crippen molar-refractivity contribution in [2.75, 3.05) is 28.4 Å². The topological polar surface area (TPSA) is 78.7 Å². The number of benzene rings is 1. The first-order chi connectivity index (χ1) is 12.0. The van der Waals surface area contributed by atoms with Gasteiger partial charge in [-0.25, -0.2) is 4.99 Å². The Morgan fingerprint density at radius 1 is 1.24 bits per heavy atom. The van der Waals surface area contributed by atoms with Gasteiger partial charge in [-0.1, -0.05) is 29.8 Å². The van der Waals surface area contributed by atoms with Gasteiger partial charge < -0.3 is 18.9 Å². The fraction of sp³-hybridized carbons (Fsp3) is 0.353. The zero-order valence-electron chi connectivity index (χ0n) is 14.6. The van der Waals surface area contributed by atoms with Crippen LogP contribution in [0.2, 0.25) is 0 Å². The number of rotatable bonds is 9. The maximum absolute atomic E-state index is 12.3. The number of nitrogens with zero attached hydrogens (tertiary/aromatic N) is 2. The normalized spacial score (nSPS) is 13.5. The number of hydrogen-bond acceptors (Lipinski definition) is 7. The Labute approximate surface area is 151 Å². The van der Waals surface area contributed by atoms with Crippen LogP contribution in [0.15, 0.2) is 46.2 Å². The van der Waals surface area contributed by atoms with E-state index >= 15 is 0 Å². The SMILES string of the molecule is C=N/C(=C\C(Cl)=NC)Oc1ccccc1C(C(=O)OC)C(OC)OC. The van der Waals surface area contributed by atoms with Crippen molar-refractivity contribution < 1.29 is 23.7 Å². The van der Waals surface area contributed by atoms with Crippen LogP contribution < -0.4 is 4.74 Å². The number of para-hydroxylation sites is 1. The van der Waals surface area contributed by atoms with E-state index in [1.54, 1.807) is 24.3 Å². The van der Waals surface area contributed by atoms with E-state index in [1.165, 1.54) is 34.5 Å². The lowest BCUT2D eigenvalue weighted by atomic mass is 9.97. The summed E-state index contributed by atoms with van der Waals surface area (Å²) >= 11 is 5.87. The van der Waals surface area contributed by atoms with Crippen molar-refractivity contribution in [3.8, 4) is 5.75 Å². The van der Waals surface area contributed by atoms with E-state index < -0.39 is 18.2 Å². The van der Waals surface area contributed by atoms with Gasteiger partial charge in [0, 0.05) is 32.9 Å². The third-order valence-corrected chi connectivity index (χ3v) is 3.55. The third-order valence-electron chi connectivity index (χ3n) is 3.27. The van der Waals surface area contributed by atoms with Crippen LogP contribution in [0.1, 0.15) is 11.5 Å². The molecule has 1 aromatic carbocycles. The molecule has 0 aromatic heterocycles. The molecule has 0 saturated heterocycles. The number of hydrogen-bond donors (Lipinski definition) is 0. The van der Waals surface area contributed by atoms with Crippen LogP contribution in [0.4, 0.5) is 0 Å². The van der Waals surface area contributed by atoms with Gasteiger partial charge in [0.25, 0.3) is 0 Å². The fourth-order valence-corrected chi connectivity index (χ4v) is 2.19. The molecule has 0 bridgehead atoms. The number of methoxy groups -OCH3 is 3. The van der Waals surface area contributed by atoms with Gasteiger partial charge in [-0.15, -0.1) is 0 Å². The lowest BCUT2D eigenvalue weighted by molar-refractivity contribution is -0.163. The Morgan fingerprint density at radius 3 is 2.40 bits per heavy atom. The molecule has 8 heteroatoms. The molecular weight excluding hydrogens is 348 g/mol. The highest BCUT2D eigenvalue weighted by atomic mass is 35.5. The van der Waals surface area contributed by atoms with Gasteiger partial charge in [0.05, 0.1) is 7.11 Å². The lowest BCUT2D eigenvalue weighted by Crippen LogP contribution is -2.30. The molecule has 0 spiro atoms. The fourth-order valence-electron chi connectivity index (χ4n) is 2.10. The standard InChI is InChI=1S/C17H21ClN2O5/c1-19-13(18)10-14(20-2)25-12-9-7-6-8-11(12)15(16(21)22-3)17(23-4)24-5/h6-10,15,17H,2H2,1,3-5H3/b14-10+,19-13?. The van der Waals surface area contributed by atoms with Crippen LogP contribution in [0.25, 0.3) is 0 Å². The van der Waals surface area contributed by atoms with Crippen molar-refractivity contribution in [3.63, 3.8) is 0 Å². The van der Waals surface area contributed by atoms with Crippen LogP contribution in [-0.4, -0.2) is 52.5 Å². The average Bonchev–Trinajstić information content (AvgIpc) is 2.65. The predicted octanol–water partition coefficient (Wildman–Crippen LogP) is 2.75. The van der Waals surface area contributed by atoms with E-state index in [9.17, 15) is 4.79 Å². The predicted molar refractivity (Wildman–Crippen MR) is 96.5 cm³/mol. The van der Waals surface area contributed by atoms with Gasteiger partial charge in [-0.05, 0) is 12.8 Å². The van der Waals surface area contributed by atoms with E-state index in [1.807, 2.05) is 0 Å². The second-order valence-electron chi connectivity index (χ2n) is 4.67. The summed E-state index contributed by atoms with van der Waals surface area (Å²) in [5, 5.41) is 0.191. The molecule has 7 nitrogen and oxygen atoms in total. The summed E-state index contributed by atoms with van der Waals surface area (Å²) in [6, 6.07) is 6.88. The second-order valence-corrected chi connectivity index (χ2v) is 5.05. The lowest BCUT2D eigenvalue weighted by Gasteiger charge is -2.24. The van der Waals surface area contributed by atoms with E-state index in [2.05, 4.69) is 16.7 Å².